The predicted molar refractivity (Wildman–Crippen MR) is 68.8 cm³/mol. The first-order chi connectivity index (χ1) is 9.01. The molecule has 19 heavy (non-hydrogen) atoms. The van der Waals surface area contributed by atoms with Crippen LogP contribution in [0.4, 0.5) is 11.4 Å². The normalized spacial score (nSPS) is 21.5. The van der Waals surface area contributed by atoms with E-state index >= 15 is 0 Å². The lowest BCUT2D eigenvalue weighted by atomic mass is 9.89. The highest BCUT2D eigenvalue weighted by atomic mass is 16.6. The average Bonchev–Trinajstić information content (AvgIpc) is 2.33. The van der Waals surface area contributed by atoms with Gasteiger partial charge in [-0.25, -0.2) is 0 Å². The molecule has 0 atom stereocenters. The maximum Gasteiger partial charge on any atom is 0.292 e. The van der Waals surface area contributed by atoms with Crippen molar-refractivity contribution in [2.45, 2.75) is 25.0 Å². The Balaban J connectivity index is 2.04. The molecule has 7 heteroatoms. The van der Waals surface area contributed by atoms with Crippen molar-refractivity contribution in [3.63, 3.8) is 0 Å². The number of amides is 1. The number of methoxy groups -OCH3 is 1. The molecule has 2 rings (SSSR count). The van der Waals surface area contributed by atoms with Gasteiger partial charge < -0.3 is 15.8 Å². The van der Waals surface area contributed by atoms with Gasteiger partial charge in [0.15, 0.2) is 0 Å². The van der Waals surface area contributed by atoms with Crippen LogP contribution in [0.15, 0.2) is 18.2 Å². The zero-order chi connectivity index (χ0) is 14.0. The number of carbonyl (C=O) groups excluding carboxylic acids is 1. The highest BCUT2D eigenvalue weighted by Crippen LogP contribution is 2.25. The summed E-state index contributed by atoms with van der Waals surface area (Å²) in [6.45, 7) is 0. The van der Waals surface area contributed by atoms with Crippen LogP contribution in [0.3, 0.4) is 0 Å². The highest BCUT2D eigenvalue weighted by molar-refractivity contribution is 5.95. The fraction of sp³-hybridized carbons (Fsp3) is 0.417. The lowest BCUT2D eigenvalue weighted by molar-refractivity contribution is -0.383. The van der Waals surface area contributed by atoms with Gasteiger partial charge in [-0.05, 0) is 25.0 Å². The maximum absolute atomic E-state index is 11.9. The number of ether oxygens (including phenoxy) is 1. The summed E-state index contributed by atoms with van der Waals surface area (Å²) in [5.74, 6) is -0.331. The lowest BCUT2D eigenvalue weighted by Gasteiger charge is -2.34. The summed E-state index contributed by atoms with van der Waals surface area (Å²) >= 11 is 0. The van der Waals surface area contributed by atoms with Crippen LogP contribution < -0.4 is 11.1 Å². The molecule has 3 N–H and O–H groups in total. The molecule has 0 radical (unpaired) electrons. The van der Waals surface area contributed by atoms with E-state index in [1.54, 1.807) is 7.11 Å². The molecule has 0 aromatic heterocycles. The molecular weight excluding hydrogens is 250 g/mol. The second-order valence-corrected chi connectivity index (χ2v) is 4.53. The minimum Gasteiger partial charge on any atom is -0.393 e. The Morgan fingerprint density at radius 2 is 2.21 bits per heavy atom. The predicted octanol–water partition coefficient (Wildman–Crippen LogP) is 1.08. The summed E-state index contributed by atoms with van der Waals surface area (Å²) in [7, 11) is 1.63. The van der Waals surface area contributed by atoms with E-state index in [2.05, 4.69) is 5.32 Å². The van der Waals surface area contributed by atoms with Crippen molar-refractivity contribution < 1.29 is 14.5 Å². The van der Waals surface area contributed by atoms with E-state index in [1.807, 2.05) is 0 Å². The zero-order valence-electron chi connectivity index (χ0n) is 10.5. The van der Waals surface area contributed by atoms with Gasteiger partial charge in [0.05, 0.1) is 11.0 Å². The van der Waals surface area contributed by atoms with Crippen LogP contribution in [0.1, 0.15) is 23.2 Å². The van der Waals surface area contributed by atoms with Crippen molar-refractivity contribution in [3.8, 4) is 0 Å². The summed E-state index contributed by atoms with van der Waals surface area (Å²) in [4.78, 5) is 22.1. The Bertz CT molecular complexity index is 512. The van der Waals surface area contributed by atoms with Crippen LogP contribution >= 0.6 is 0 Å². The van der Waals surface area contributed by atoms with Gasteiger partial charge in [0, 0.05) is 24.8 Å². The molecule has 1 amide bonds. The van der Waals surface area contributed by atoms with Crippen LogP contribution in [-0.2, 0) is 4.74 Å². The number of nitrogens with zero attached hydrogens (tertiary/aromatic N) is 1. The first-order valence-corrected chi connectivity index (χ1v) is 5.89. The standard InChI is InChI=1S/C12H15N3O4/c1-19-9-5-8(6-9)14-12(16)7-2-3-10(13)11(4-7)15(17)18/h2-4,8-9H,5-6,13H2,1H3,(H,14,16). The van der Waals surface area contributed by atoms with Crippen molar-refractivity contribution in [2.75, 3.05) is 12.8 Å². The van der Waals surface area contributed by atoms with E-state index in [9.17, 15) is 14.9 Å². The molecule has 1 fully saturated rings. The number of benzene rings is 1. The number of rotatable bonds is 4. The number of hydrogen-bond acceptors (Lipinski definition) is 5. The highest BCUT2D eigenvalue weighted by Gasteiger charge is 2.30. The van der Waals surface area contributed by atoms with Crippen molar-refractivity contribution in [1.82, 2.24) is 5.32 Å². The van der Waals surface area contributed by atoms with Gasteiger partial charge in [-0.1, -0.05) is 0 Å². The summed E-state index contributed by atoms with van der Waals surface area (Å²) in [6, 6.07) is 4.10. The van der Waals surface area contributed by atoms with E-state index in [0.29, 0.717) is 0 Å². The molecule has 1 aliphatic rings. The Labute approximate surface area is 109 Å². The molecule has 1 aliphatic carbocycles. The van der Waals surface area contributed by atoms with Gasteiger partial charge in [-0.15, -0.1) is 0 Å². The summed E-state index contributed by atoms with van der Waals surface area (Å²) < 4.78 is 5.11. The third-order valence-corrected chi connectivity index (χ3v) is 3.25. The fourth-order valence-electron chi connectivity index (χ4n) is 1.99. The minimum atomic E-state index is -0.601. The Morgan fingerprint density at radius 3 is 2.79 bits per heavy atom. The molecule has 0 heterocycles. The van der Waals surface area contributed by atoms with Crippen LogP contribution in [0.2, 0.25) is 0 Å². The van der Waals surface area contributed by atoms with Gasteiger partial charge in [0.25, 0.3) is 11.6 Å². The topological polar surface area (TPSA) is 107 Å². The molecule has 1 saturated carbocycles. The first kappa shape index (κ1) is 13.3. The van der Waals surface area contributed by atoms with Crippen LogP contribution in [0.5, 0.6) is 0 Å². The Kier molecular flexibility index (Phi) is 3.66. The molecule has 0 aliphatic heterocycles. The molecule has 0 bridgehead atoms. The molecule has 7 nitrogen and oxygen atoms in total. The number of carbonyl (C=O) groups is 1. The van der Waals surface area contributed by atoms with Crippen LogP contribution in [-0.4, -0.2) is 30.1 Å². The molecule has 102 valence electrons. The van der Waals surface area contributed by atoms with Gasteiger partial charge >= 0.3 is 0 Å². The largest absolute Gasteiger partial charge is 0.393 e. The number of anilines is 1. The number of nitrogen functional groups attached to an aromatic ring is 1. The van der Waals surface area contributed by atoms with Crippen LogP contribution in [0, 0.1) is 10.1 Å². The van der Waals surface area contributed by atoms with Crippen molar-refractivity contribution in [2.24, 2.45) is 0 Å². The summed E-state index contributed by atoms with van der Waals surface area (Å²) in [5.41, 5.74) is 5.51. The molecule has 0 spiro atoms. The zero-order valence-corrected chi connectivity index (χ0v) is 10.5. The minimum absolute atomic E-state index is 0.0460. The smallest absolute Gasteiger partial charge is 0.292 e. The van der Waals surface area contributed by atoms with Crippen molar-refractivity contribution in [3.05, 3.63) is 33.9 Å². The monoisotopic (exact) mass is 265 g/mol. The molecule has 1 aromatic rings. The molecule has 0 unspecified atom stereocenters. The Hall–Kier alpha value is -2.15. The van der Waals surface area contributed by atoms with E-state index in [4.69, 9.17) is 10.5 Å². The van der Waals surface area contributed by atoms with E-state index < -0.39 is 4.92 Å². The molecular formula is C12H15N3O4. The van der Waals surface area contributed by atoms with E-state index in [0.717, 1.165) is 12.8 Å². The first-order valence-electron chi connectivity index (χ1n) is 5.89. The van der Waals surface area contributed by atoms with Crippen LogP contribution in [0.25, 0.3) is 0 Å². The van der Waals surface area contributed by atoms with Gasteiger partial charge in [-0.2, -0.15) is 0 Å². The average molecular weight is 265 g/mol. The van der Waals surface area contributed by atoms with Crippen molar-refractivity contribution in [1.29, 1.82) is 0 Å². The number of hydrogen-bond donors (Lipinski definition) is 2. The summed E-state index contributed by atoms with van der Waals surface area (Å²) in [5, 5.41) is 13.5. The number of nitrogens with one attached hydrogen (secondary N) is 1. The van der Waals surface area contributed by atoms with Gasteiger partial charge in [-0.3, -0.25) is 14.9 Å². The fourth-order valence-corrected chi connectivity index (χ4v) is 1.99. The number of nitro groups is 1. The second kappa shape index (κ2) is 5.23. The van der Waals surface area contributed by atoms with Gasteiger partial charge in [0.1, 0.15) is 5.69 Å². The Morgan fingerprint density at radius 1 is 1.53 bits per heavy atom. The molecule has 0 saturated heterocycles. The SMILES string of the molecule is COC1CC(NC(=O)c2ccc(N)c([N+](=O)[O-])c2)C1. The maximum atomic E-state index is 11.9. The lowest BCUT2D eigenvalue weighted by Crippen LogP contribution is -2.47. The third kappa shape index (κ3) is 2.82. The van der Waals surface area contributed by atoms with Gasteiger partial charge in [0.2, 0.25) is 0 Å². The van der Waals surface area contributed by atoms with E-state index in [1.165, 1.54) is 18.2 Å². The quantitative estimate of drug-likeness (QED) is 0.481. The summed E-state index contributed by atoms with van der Waals surface area (Å²) in [6.07, 6.45) is 1.71. The third-order valence-electron chi connectivity index (χ3n) is 3.25. The second-order valence-electron chi connectivity index (χ2n) is 4.53. The van der Waals surface area contributed by atoms with E-state index in [-0.39, 0.29) is 35.0 Å². The number of nitrogens with two attached hydrogens (primary N) is 1. The molecule has 1 aromatic carbocycles. The number of nitro benzene ring substituents is 1. The van der Waals surface area contributed by atoms with Crippen molar-refractivity contribution >= 4 is 17.3 Å².